The van der Waals surface area contributed by atoms with Gasteiger partial charge in [-0.25, -0.2) is 0 Å². The zero-order chi connectivity index (χ0) is 21.7. The number of hydrogen-bond donors (Lipinski definition) is 1. The molecule has 3 rings (SSSR count). The summed E-state index contributed by atoms with van der Waals surface area (Å²) in [7, 11) is 0. The Kier molecular flexibility index (Phi) is 6.41. The fourth-order valence-corrected chi connectivity index (χ4v) is 3.55. The number of thioether (sulfide) groups is 1. The predicted molar refractivity (Wildman–Crippen MR) is 109 cm³/mol. The molecular weight excluding hydrogens is 417 g/mol. The van der Waals surface area contributed by atoms with Crippen molar-refractivity contribution in [1.82, 2.24) is 0 Å². The molecule has 3 aromatic rings. The van der Waals surface area contributed by atoms with Gasteiger partial charge in [-0.15, -0.1) is 11.8 Å². The molecule has 0 bridgehead atoms. The third kappa shape index (κ3) is 5.18. The maximum Gasteiger partial charge on any atom is 0.416 e. The molecule has 3 aromatic carbocycles. The number of amides is 1. The first-order valence-electron chi connectivity index (χ1n) is 8.68. The van der Waals surface area contributed by atoms with E-state index in [1.165, 1.54) is 0 Å². The van der Waals surface area contributed by atoms with Gasteiger partial charge >= 0.3 is 6.18 Å². The van der Waals surface area contributed by atoms with Crippen molar-refractivity contribution in [1.29, 1.82) is 0 Å². The van der Waals surface area contributed by atoms with E-state index in [0.717, 1.165) is 35.0 Å². The highest BCUT2D eigenvalue weighted by molar-refractivity contribution is 8.00. The molecule has 30 heavy (non-hydrogen) atoms. The zero-order valence-corrected chi connectivity index (χ0v) is 16.2. The van der Waals surface area contributed by atoms with Gasteiger partial charge in [-0.05, 0) is 23.8 Å². The van der Waals surface area contributed by atoms with Crippen LogP contribution in [0.1, 0.15) is 5.56 Å². The van der Waals surface area contributed by atoms with Crippen LogP contribution in [0.2, 0.25) is 0 Å². The summed E-state index contributed by atoms with van der Waals surface area (Å²) < 4.78 is 38.4. The summed E-state index contributed by atoms with van der Waals surface area (Å²) in [6, 6.07) is 18.8. The van der Waals surface area contributed by atoms with Crippen LogP contribution in [0.4, 0.5) is 24.5 Å². The molecule has 0 aromatic heterocycles. The highest BCUT2D eigenvalue weighted by atomic mass is 32.2. The fourth-order valence-electron chi connectivity index (χ4n) is 2.75. The average molecular weight is 432 g/mol. The number of carbonyl (C=O) groups is 1. The van der Waals surface area contributed by atoms with E-state index < -0.39 is 28.3 Å². The Morgan fingerprint density at radius 3 is 2.33 bits per heavy atom. The maximum atomic E-state index is 12.8. The summed E-state index contributed by atoms with van der Waals surface area (Å²) in [5, 5.41) is 13.9. The molecule has 0 aliphatic rings. The lowest BCUT2D eigenvalue weighted by molar-refractivity contribution is -0.388. The quantitative estimate of drug-likeness (QED) is 0.294. The molecule has 0 atom stereocenters. The number of nitro benzene ring substituents is 1. The van der Waals surface area contributed by atoms with E-state index in [-0.39, 0.29) is 10.6 Å². The molecule has 0 saturated heterocycles. The Balaban J connectivity index is 1.74. The summed E-state index contributed by atoms with van der Waals surface area (Å²) in [4.78, 5) is 22.7. The van der Waals surface area contributed by atoms with Crippen LogP contribution in [0, 0.1) is 10.1 Å². The van der Waals surface area contributed by atoms with Gasteiger partial charge in [0.25, 0.3) is 5.69 Å². The van der Waals surface area contributed by atoms with Crippen LogP contribution < -0.4 is 5.32 Å². The number of hydrogen-bond acceptors (Lipinski definition) is 4. The Morgan fingerprint density at radius 2 is 1.67 bits per heavy atom. The summed E-state index contributed by atoms with van der Waals surface area (Å²) >= 11 is 0.803. The second-order valence-corrected chi connectivity index (χ2v) is 7.20. The molecule has 0 aliphatic heterocycles. The molecule has 0 heterocycles. The van der Waals surface area contributed by atoms with Gasteiger partial charge in [-0.3, -0.25) is 14.9 Å². The number of alkyl halides is 3. The van der Waals surface area contributed by atoms with Crippen molar-refractivity contribution >= 4 is 29.0 Å². The van der Waals surface area contributed by atoms with E-state index in [1.807, 2.05) is 42.5 Å². The minimum atomic E-state index is -4.69. The predicted octanol–water partition coefficient (Wildman–Crippen LogP) is 6.01. The van der Waals surface area contributed by atoms with Crippen molar-refractivity contribution in [3.63, 3.8) is 0 Å². The first-order valence-corrected chi connectivity index (χ1v) is 9.67. The molecule has 0 radical (unpaired) electrons. The van der Waals surface area contributed by atoms with Gasteiger partial charge in [0.05, 0.1) is 21.1 Å². The number of carbonyl (C=O) groups excluding carboxylic acids is 1. The van der Waals surface area contributed by atoms with Crippen molar-refractivity contribution in [3.05, 3.63) is 88.5 Å². The lowest BCUT2D eigenvalue weighted by Gasteiger charge is -2.12. The van der Waals surface area contributed by atoms with E-state index >= 15 is 0 Å². The Bertz CT molecular complexity index is 1070. The number of halogens is 3. The van der Waals surface area contributed by atoms with Gasteiger partial charge in [0.2, 0.25) is 5.91 Å². The van der Waals surface area contributed by atoms with Crippen molar-refractivity contribution < 1.29 is 22.9 Å². The molecule has 5 nitrogen and oxygen atoms in total. The van der Waals surface area contributed by atoms with Crippen LogP contribution in [0.15, 0.2) is 77.7 Å². The summed E-state index contributed by atoms with van der Waals surface area (Å²) in [5.41, 5.74) is 0.472. The number of nitro groups is 1. The van der Waals surface area contributed by atoms with Crippen LogP contribution in [-0.4, -0.2) is 16.6 Å². The zero-order valence-electron chi connectivity index (χ0n) is 15.3. The first kappa shape index (κ1) is 21.4. The van der Waals surface area contributed by atoms with Crippen LogP contribution in [0.3, 0.4) is 0 Å². The van der Waals surface area contributed by atoms with Gasteiger partial charge in [-0.2, -0.15) is 13.2 Å². The number of benzene rings is 3. The van der Waals surface area contributed by atoms with Crippen molar-refractivity contribution in [2.24, 2.45) is 0 Å². The fraction of sp³-hybridized carbons (Fsp3) is 0.0952. The molecular formula is C21H15F3N2O3S. The van der Waals surface area contributed by atoms with Gasteiger partial charge in [0, 0.05) is 17.3 Å². The van der Waals surface area contributed by atoms with Crippen LogP contribution in [0.5, 0.6) is 0 Å². The lowest BCUT2D eigenvalue weighted by Crippen LogP contribution is -2.15. The second-order valence-electron chi connectivity index (χ2n) is 6.19. The van der Waals surface area contributed by atoms with E-state index in [0.29, 0.717) is 11.8 Å². The highest BCUT2D eigenvalue weighted by Crippen LogP contribution is 2.36. The molecule has 0 fully saturated rings. The SMILES string of the molecule is O=C(CSc1ccc(C(F)(F)F)cc1[N+](=O)[O-])Nc1ccccc1-c1ccccc1. The normalized spacial score (nSPS) is 11.2. The lowest BCUT2D eigenvalue weighted by atomic mass is 10.0. The average Bonchev–Trinajstić information content (AvgIpc) is 2.72. The number of nitrogens with zero attached hydrogens (tertiary/aromatic N) is 1. The number of nitrogens with one attached hydrogen (secondary N) is 1. The summed E-state index contributed by atoms with van der Waals surface area (Å²) in [5.74, 6) is -0.632. The standard InChI is InChI=1S/C21H15F3N2O3S/c22-21(23,24)15-10-11-19(18(12-15)26(28)29)30-13-20(27)25-17-9-5-4-8-16(17)14-6-2-1-3-7-14/h1-12H,13H2,(H,25,27). The van der Waals surface area contributed by atoms with E-state index in [1.54, 1.807) is 12.1 Å². The Labute approximate surface area is 174 Å². The summed E-state index contributed by atoms with van der Waals surface area (Å²) in [6.07, 6.45) is -4.69. The smallest absolute Gasteiger partial charge is 0.325 e. The van der Waals surface area contributed by atoms with Crippen LogP contribution in [0.25, 0.3) is 11.1 Å². The highest BCUT2D eigenvalue weighted by Gasteiger charge is 2.33. The third-order valence-corrected chi connectivity index (χ3v) is 5.19. The molecule has 1 N–H and O–H groups in total. The number of rotatable bonds is 6. The molecule has 1 amide bonds. The number of para-hydroxylation sites is 1. The molecule has 0 saturated carbocycles. The van der Waals surface area contributed by atoms with E-state index in [4.69, 9.17) is 0 Å². The third-order valence-electron chi connectivity index (χ3n) is 4.13. The minimum Gasteiger partial charge on any atom is -0.325 e. The molecule has 0 unspecified atom stereocenters. The van der Waals surface area contributed by atoms with Crippen molar-refractivity contribution in [2.75, 3.05) is 11.1 Å². The Hall–Kier alpha value is -3.33. The molecule has 9 heteroatoms. The minimum absolute atomic E-state index is 0.0144. The van der Waals surface area contributed by atoms with E-state index in [9.17, 15) is 28.1 Å². The first-order chi connectivity index (χ1) is 14.3. The second kappa shape index (κ2) is 9.00. The summed E-state index contributed by atoms with van der Waals surface area (Å²) in [6.45, 7) is 0. The monoisotopic (exact) mass is 432 g/mol. The number of anilines is 1. The molecule has 154 valence electrons. The molecule has 0 spiro atoms. The van der Waals surface area contributed by atoms with Gasteiger partial charge < -0.3 is 5.32 Å². The van der Waals surface area contributed by atoms with Crippen LogP contribution in [-0.2, 0) is 11.0 Å². The van der Waals surface area contributed by atoms with Crippen molar-refractivity contribution in [2.45, 2.75) is 11.1 Å². The van der Waals surface area contributed by atoms with E-state index in [2.05, 4.69) is 5.32 Å². The van der Waals surface area contributed by atoms with Crippen LogP contribution >= 0.6 is 11.8 Å². The van der Waals surface area contributed by atoms with Crippen molar-refractivity contribution in [3.8, 4) is 11.1 Å². The topological polar surface area (TPSA) is 72.2 Å². The van der Waals surface area contributed by atoms with Gasteiger partial charge in [0.15, 0.2) is 0 Å². The van der Waals surface area contributed by atoms with Gasteiger partial charge in [0.1, 0.15) is 0 Å². The largest absolute Gasteiger partial charge is 0.416 e. The van der Waals surface area contributed by atoms with Gasteiger partial charge in [-0.1, -0.05) is 48.5 Å². The Morgan fingerprint density at radius 1 is 1.00 bits per heavy atom. The maximum absolute atomic E-state index is 12.8. The molecule has 0 aliphatic carbocycles.